The summed E-state index contributed by atoms with van der Waals surface area (Å²) in [7, 11) is 0. The summed E-state index contributed by atoms with van der Waals surface area (Å²) in [4.78, 5) is 23.2. The molecule has 3 rings (SSSR count). The summed E-state index contributed by atoms with van der Waals surface area (Å²) in [5, 5.41) is 6.13. The summed E-state index contributed by atoms with van der Waals surface area (Å²) in [6, 6.07) is 0. The maximum absolute atomic E-state index is 11.6. The normalized spacial score (nSPS) is 22.2. The molecule has 2 aliphatic carbocycles. The predicted octanol–water partition coefficient (Wildman–Crippen LogP) is 0.825. The Bertz CT molecular complexity index is 496. The molecule has 0 aromatic rings. The molecule has 0 atom stereocenters. The lowest BCUT2D eigenvalue weighted by atomic mass is 9.93. The molecular weight excluding hydrogens is 228 g/mol. The molecule has 18 heavy (non-hydrogen) atoms. The van der Waals surface area contributed by atoms with E-state index in [9.17, 15) is 9.59 Å². The van der Waals surface area contributed by atoms with Crippen molar-refractivity contribution < 1.29 is 9.59 Å². The Morgan fingerprint density at radius 2 is 2.28 bits per heavy atom. The van der Waals surface area contributed by atoms with E-state index in [0.29, 0.717) is 31.2 Å². The first-order valence-electron chi connectivity index (χ1n) is 6.38. The fraction of sp³-hybridized carbons (Fsp3) is 0.429. The first-order chi connectivity index (χ1) is 8.74. The Balaban J connectivity index is 1.63. The number of allylic oxidation sites excluding steroid dienone is 3. The number of rotatable bonds is 4. The van der Waals surface area contributed by atoms with Crippen LogP contribution in [0.25, 0.3) is 0 Å². The highest BCUT2D eigenvalue weighted by molar-refractivity contribution is 6.03. The van der Waals surface area contributed by atoms with Crippen LogP contribution in [-0.4, -0.2) is 24.7 Å². The molecular formula is C14H16N2O2. The number of ketones is 2. The summed E-state index contributed by atoms with van der Waals surface area (Å²) in [5.41, 5.74) is 2.72. The number of nitrogens with one attached hydrogen (secondary N) is 2. The molecule has 4 heteroatoms. The van der Waals surface area contributed by atoms with Gasteiger partial charge in [0.05, 0.1) is 13.1 Å². The third-order valence-corrected chi connectivity index (χ3v) is 3.51. The highest BCUT2D eigenvalue weighted by Gasteiger charge is 2.29. The number of fused-ring (bicyclic) bond motifs is 1. The second kappa shape index (κ2) is 4.44. The minimum atomic E-state index is 0.136. The minimum Gasteiger partial charge on any atom is -0.383 e. The fourth-order valence-corrected chi connectivity index (χ4v) is 2.27. The van der Waals surface area contributed by atoms with E-state index in [4.69, 9.17) is 0 Å². The predicted molar refractivity (Wildman–Crippen MR) is 67.6 cm³/mol. The Morgan fingerprint density at radius 1 is 1.44 bits per heavy atom. The Labute approximate surface area is 106 Å². The number of hydrogen-bond donors (Lipinski definition) is 2. The molecule has 0 spiro atoms. The monoisotopic (exact) mass is 244 g/mol. The molecule has 0 aromatic carbocycles. The molecule has 0 aromatic heterocycles. The molecule has 0 radical (unpaired) electrons. The van der Waals surface area contributed by atoms with E-state index in [0.717, 1.165) is 29.7 Å². The molecule has 3 aliphatic rings. The van der Waals surface area contributed by atoms with Gasteiger partial charge in [-0.15, -0.1) is 0 Å². The Kier molecular flexibility index (Phi) is 2.78. The molecule has 1 saturated carbocycles. The quantitative estimate of drug-likeness (QED) is 0.769. The van der Waals surface area contributed by atoms with Crippen LogP contribution in [0.2, 0.25) is 0 Å². The molecule has 4 nitrogen and oxygen atoms in total. The van der Waals surface area contributed by atoms with Crippen LogP contribution in [0.4, 0.5) is 0 Å². The zero-order valence-electron chi connectivity index (χ0n) is 10.2. The Hall–Kier alpha value is -1.84. The largest absolute Gasteiger partial charge is 0.383 e. The van der Waals surface area contributed by atoms with Gasteiger partial charge < -0.3 is 10.6 Å². The summed E-state index contributed by atoms with van der Waals surface area (Å²) >= 11 is 0. The van der Waals surface area contributed by atoms with Crippen molar-refractivity contribution in [3.8, 4) is 0 Å². The molecule has 2 N–H and O–H groups in total. The zero-order chi connectivity index (χ0) is 12.5. The van der Waals surface area contributed by atoms with E-state index in [1.54, 1.807) is 0 Å². The maximum Gasteiger partial charge on any atom is 0.182 e. The highest BCUT2D eigenvalue weighted by Crippen LogP contribution is 2.29. The molecule has 1 fully saturated rings. The number of carbonyl (C=O) groups excluding carboxylic acids is 2. The van der Waals surface area contributed by atoms with Gasteiger partial charge in [-0.3, -0.25) is 9.59 Å². The van der Waals surface area contributed by atoms with E-state index in [1.165, 1.54) is 0 Å². The summed E-state index contributed by atoms with van der Waals surface area (Å²) in [6.07, 6.45) is 8.56. The third-order valence-electron chi connectivity index (χ3n) is 3.51. The van der Waals surface area contributed by atoms with Crippen molar-refractivity contribution in [3.63, 3.8) is 0 Å². The van der Waals surface area contributed by atoms with Crippen molar-refractivity contribution in [2.75, 3.05) is 13.1 Å². The Morgan fingerprint density at radius 3 is 3.06 bits per heavy atom. The average molecular weight is 244 g/mol. The van der Waals surface area contributed by atoms with Gasteiger partial charge in [-0.2, -0.15) is 0 Å². The first-order valence-corrected chi connectivity index (χ1v) is 6.38. The summed E-state index contributed by atoms with van der Waals surface area (Å²) in [5.74, 6) is 0.735. The van der Waals surface area contributed by atoms with Crippen molar-refractivity contribution in [2.45, 2.75) is 19.3 Å². The van der Waals surface area contributed by atoms with Crippen molar-refractivity contribution in [1.29, 1.82) is 0 Å². The zero-order valence-corrected chi connectivity index (χ0v) is 10.2. The van der Waals surface area contributed by atoms with Crippen LogP contribution < -0.4 is 10.6 Å². The second-order valence-corrected chi connectivity index (χ2v) is 4.99. The van der Waals surface area contributed by atoms with Gasteiger partial charge in [0.1, 0.15) is 0 Å². The number of carbonyl (C=O) groups is 2. The summed E-state index contributed by atoms with van der Waals surface area (Å²) in [6.45, 7) is 0.792. The van der Waals surface area contributed by atoms with Crippen LogP contribution in [-0.2, 0) is 9.59 Å². The van der Waals surface area contributed by atoms with E-state index < -0.39 is 0 Å². The molecule has 0 bridgehead atoms. The smallest absolute Gasteiger partial charge is 0.182 e. The standard InChI is InChI=1S/C14H16N2O2/c17-13(9-1-2-9)8-16-11-3-4-12-10(5-11)6-15-7-14(12)18/h4-6,9,15-16H,1-3,7-8H2. The van der Waals surface area contributed by atoms with Gasteiger partial charge in [-0.1, -0.05) is 6.08 Å². The van der Waals surface area contributed by atoms with Crippen LogP contribution >= 0.6 is 0 Å². The van der Waals surface area contributed by atoms with Gasteiger partial charge in [0, 0.05) is 35.4 Å². The van der Waals surface area contributed by atoms with Gasteiger partial charge in [0.2, 0.25) is 0 Å². The van der Waals surface area contributed by atoms with E-state index in [-0.39, 0.29) is 5.78 Å². The second-order valence-electron chi connectivity index (χ2n) is 4.99. The molecule has 94 valence electrons. The van der Waals surface area contributed by atoms with Gasteiger partial charge >= 0.3 is 0 Å². The third kappa shape index (κ3) is 2.23. The van der Waals surface area contributed by atoms with Crippen molar-refractivity contribution in [3.05, 3.63) is 35.2 Å². The van der Waals surface area contributed by atoms with Crippen molar-refractivity contribution in [1.82, 2.24) is 10.6 Å². The summed E-state index contributed by atoms with van der Waals surface area (Å²) < 4.78 is 0. The van der Waals surface area contributed by atoms with Gasteiger partial charge in [-0.05, 0) is 18.9 Å². The highest BCUT2D eigenvalue weighted by atomic mass is 16.1. The molecule has 1 heterocycles. The fourth-order valence-electron chi connectivity index (χ4n) is 2.27. The molecule has 0 unspecified atom stereocenters. The van der Waals surface area contributed by atoms with Crippen LogP contribution in [0.3, 0.4) is 0 Å². The lowest BCUT2D eigenvalue weighted by Gasteiger charge is -2.20. The van der Waals surface area contributed by atoms with Crippen molar-refractivity contribution >= 4 is 11.6 Å². The minimum absolute atomic E-state index is 0.136. The van der Waals surface area contributed by atoms with Crippen LogP contribution in [0.15, 0.2) is 35.2 Å². The molecule has 0 amide bonds. The van der Waals surface area contributed by atoms with Gasteiger partial charge in [0.15, 0.2) is 11.6 Å². The van der Waals surface area contributed by atoms with E-state index >= 15 is 0 Å². The van der Waals surface area contributed by atoms with Gasteiger partial charge in [0.25, 0.3) is 0 Å². The van der Waals surface area contributed by atoms with Crippen LogP contribution in [0.1, 0.15) is 19.3 Å². The number of hydrogen-bond acceptors (Lipinski definition) is 4. The van der Waals surface area contributed by atoms with Gasteiger partial charge in [-0.25, -0.2) is 0 Å². The first kappa shape index (κ1) is 11.3. The topological polar surface area (TPSA) is 58.2 Å². The molecule has 1 aliphatic heterocycles. The van der Waals surface area contributed by atoms with Crippen molar-refractivity contribution in [2.24, 2.45) is 5.92 Å². The van der Waals surface area contributed by atoms with E-state index in [1.807, 2.05) is 18.4 Å². The maximum atomic E-state index is 11.6. The average Bonchev–Trinajstić information content (AvgIpc) is 3.20. The van der Waals surface area contributed by atoms with E-state index in [2.05, 4.69) is 10.6 Å². The number of Topliss-reactive ketones (excluding diaryl/α,β-unsaturated/α-hetero) is 2. The van der Waals surface area contributed by atoms with Crippen LogP contribution in [0.5, 0.6) is 0 Å². The SMILES string of the molecule is O=C1CNC=C2C=C(NCC(=O)C3CC3)CC=C12. The lowest BCUT2D eigenvalue weighted by Crippen LogP contribution is -2.29. The van der Waals surface area contributed by atoms with Crippen LogP contribution in [0, 0.1) is 5.92 Å². The molecule has 0 saturated heterocycles. The lowest BCUT2D eigenvalue weighted by molar-refractivity contribution is -0.119.